The molecule has 31 heavy (non-hydrogen) atoms. The first-order valence-electron chi connectivity index (χ1n) is 9.85. The molecule has 3 aromatic rings. The number of carbonyl (C=O) groups is 2. The molecular formula is C23H21N3O5. The third kappa shape index (κ3) is 4.28. The van der Waals surface area contributed by atoms with Crippen LogP contribution in [0.15, 0.2) is 59.5 Å². The molecule has 8 heteroatoms. The number of hydrogen-bond donors (Lipinski definition) is 3. The lowest BCUT2D eigenvalue weighted by Gasteiger charge is -2.19. The van der Waals surface area contributed by atoms with E-state index in [0.717, 1.165) is 12.0 Å². The number of ether oxygens (including phenoxy) is 1. The Morgan fingerprint density at radius 1 is 1.19 bits per heavy atom. The molecule has 2 aromatic heterocycles. The topological polar surface area (TPSA) is 114 Å². The Balaban J connectivity index is 1.56. The van der Waals surface area contributed by atoms with Gasteiger partial charge in [-0.25, -0.2) is 0 Å². The molecule has 1 aliphatic rings. The number of fused-ring (bicyclic) bond motifs is 1. The van der Waals surface area contributed by atoms with Crippen LogP contribution in [0.5, 0.6) is 11.5 Å². The van der Waals surface area contributed by atoms with Gasteiger partial charge in [0.05, 0.1) is 36.9 Å². The molecule has 2 amide bonds. The molecule has 158 valence electrons. The number of nitrogens with zero attached hydrogens (tertiary/aromatic N) is 1. The molecule has 0 unspecified atom stereocenters. The minimum absolute atomic E-state index is 0.00217. The van der Waals surface area contributed by atoms with Crippen LogP contribution in [0.4, 0.5) is 0 Å². The first kappa shape index (κ1) is 20.2. The van der Waals surface area contributed by atoms with E-state index < -0.39 is 11.8 Å². The molecule has 0 fully saturated rings. The normalized spacial score (nSPS) is 14.3. The Labute approximate surface area is 178 Å². The van der Waals surface area contributed by atoms with Crippen molar-refractivity contribution in [2.75, 3.05) is 6.61 Å². The lowest BCUT2D eigenvalue weighted by atomic mass is 9.93. The second-order valence-corrected chi connectivity index (χ2v) is 6.95. The third-order valence-electron chi connectivity index (χ3n) is 4.73. The number of carbonyl (C=O) groups excluding carboxylic acids is 2. The third-order valence-corrected chi connectivity index (χ3v) is 4.73. The summed E-state index contributed by atoms with van der Waals surface area (Å²) in [5.41, 5.74) is 2.54. The smallest absolute Gasteiger partial charge is 0.260 e. The minimum Gasteiger partial charge on any atom is -0.504 e. The number of aromatic hydroxyl groups is 1. The number of benzene rings is 1. The molecule has 1 aromatic carbocycles. The molecule has 8 nitrogen and oxygen atoms in total. The van der Waals surface area contributed by atoms with E-state index >= 15 is 0 Å². The second kappa shape index (κ2) is 8.74. The van der Waals surface area contributed by atoms with Gasteiger partial charge in [0.25, 0.3) is 11.8 Å². The Hall–Kier alpha value is -4.07. The summed E-state index contributed by atoms with van der Waals surface area (Å²) >= 11 is 0. The van der Waals surface area contributed by atoms with Crippen molar-refractivity contribution in [2.45, 2.75) is 19.9 Å². The number of furan rings is 1. The Morgan fingerprint density at radius 3 is 2.81 bits per heavy atom. The molecule has 0 radical (unpaired) electrons. The molecule has 3 heterocycles. The number of aromatic nitrogens is 1. The lowest BCUT2D eigenvalue weighted by Crippen LogP contribution is -2.37. The van der Waals surface area contributed by atoms with Crippen LogP contribution in [0.2, 0.25) is 0 Å². The lowest BCUT2D eigenvalue weighted by molar-refractivity contribution is -0.114. The summed E-state index contributed by atoms with van der Waals surface area (Å²) in [4.78, 5) is 29.0. The first-order valence-corrected chi connectivity index (χ1v) is 9.85. The minimum atomic E-state index is -0.499. The van der Waals surface area contributed by atoms with Gasteiger partial charge in [0.15, 0.2) is 11.5 Å². The Kier molecular flexibility index (Phi) is 5.70. The predicted octanol–water partition coefficient (Wildman–Crippen LogP) is 3.24. The van der Waals surface area contributed by atoms with E-state index in [1.165, 1.54) is 18.5 Å². The highest BCUT2D eigenvalue weighted by Gasteiger charge is 2.27. The van der Waals surface area contributed by atoms with Crippen molar-refractivity contribution < 1.29 is 23.8 Å². The van der Waals surface area contributed by atoms with Crippen molar-refractivity contribution in [1.29, 1.82) is 0 Å². The van der Waals surface area contributed by atoms with Gasteiger partial charge in [-0.1, -0.05) is 13.0 Å². The van der Waals surface area contributed by atoms with Gasteiger partial charge in [0.2, 0.25) is 0 Å². The zero-order chi connectivity index (χ0) is 21.8. The van der Waals surface area contributed by atoms with Crippen molar-refractivity contribution in [3.05, 3.63) is 71.9 Å². The molecule has 0 atom stereocenters. The van der Waals surface area contributed by atoms with Crippen molar-refractivity contribution >= 4 is 17.4 Å². The zero-order valence-electron chi connectivity index (χ0n) is 16.8. The number of amides is 2. The van der Waals surface area contributed by atoms with Crippen LogP contribution in [0.25, 0.3) is 16.9 Å². The summed E-state index contributed by atoms with van der Waals surface area (Å²) in [7, 11) is 0. The fourth-order valence-electron chi connectivity index (χ4n) is 3.22. The summed E-state index contributed by atoms with van der Waals surface area (Å²) in [5, 5.41) is 15.4. The summed E-state index contributed by atoms with van der Waals surface area (Å²) in [6, 6.07) is 10.3. The van der Waals surface area contributed by atoms with Gasteiger partial charge < -0.3 is 19.6 Å². The second-order valence-electron chi connectivity index (χ2n) is 6.95. The summed E-state index contributed by atoms with van der Waals surface area (Å²) < 4.78 is 10.8. The average molecular weight is 419 g/mol. The van der Waals surface area contributed by atoms with Crippen molar-refractivity contribution in [2.24, 2.45) is 0 Å². The number of nitrogens with one attached hydrogen (secondary N) is 2. The fraction of sp³-hybridized carbons (Fsp3) is 0.174. The first-order chi connectivity index (χ1) is 15.1. The van der Waals surface area contributed by atoms with Gasteiger partial charge >= 0.3 is 0 Å². The van der Waals surface area contributed by atoms with E-state index in [9.17, 15) is 14.7 Å². The highest BCUT2D eigenvalue weighted by Crippen LogP contribution is 2.30. The van der Waals surface area contributed by atoms with Crippen LogP contribution in [-0.4, -0.2) is 28.5 Å². The van der Waals surface area contributed by atoms with Crippen molar-refractivity contribution in [1.82, 2.24) is 15.6 Å². The molecule has 0 saturated carbocycles. The summed E-state index contributed by atoms with van der Waals surface area (Å²) in [5.74, 6) is 0.0209. The highest BCUT2D eigenvalue weighted by molar-refractivity contribution is 6.31. The Bertz CT molecular complexity index is 1150. The maximum absolute atomic E-state index is 12.5. The van der Waals surface area contributed by atoms with E-state index in [1.54, 1.807) is 36.6 Å². The van der Waals surface area contributed by atoms with E-state index in [-0.39, 0.29) is 12.3 Å². The van der Waals surface area contributed by atoms with Crippen LogP contribution in [0.3, 0.4) is 0 Å². The van der Waals surface area contributed by atoms with Gasteiger partial charge in [0.1, 0.15) is 5.76 Å². The molecule has 4 rings (SSSR count). The fourth-order valence-corrected chi connectivity index (χ4v) is 3.22. The van der Waals surface area contributed by atoms with E-state index in [2.05, 4.69) is 15.6 Å². The van der Waals surface area contributed by atoms with Gasteiger partial charge in [-0.3, -0.25) is 19.9 Å². The summed E-state index contributed by atoms with van der Waals surface area (Å²) in [6.45, 7) is 2.73. The number of imide groups is 1. The van der Waals surface area contributed by atoms with E-state index in [4.69, 9.17) is 9.15 Å². The van der Waals surface area contributed by atoms with Crippen LogP contribution in [-0.2, 0) is 11.3 Å². The Morgan fingerprint density at radius 2 is 2.06 bits per heavy atom. The van der Waals surface area contributed by atoms with Gasteiger partial charge in [0, 0.05) is 29.0 Å². The molecular weight excluding hydrogens is 398 g/mol. The molecule has 3 N–H and O–H groups in total. The SMILES string of the molecule is CCCOc1cnc(CN/C=C2\C(=O)NC(=O)c3ccc(-c4ccco4)cc32)cc1O. The highest BCUT2D eigenvalue weighted by atomic mass is 16.5. The molecule has 1 aliphatic heterocycles. The number of rotatable bonds is 7. The maximum atomic E-state index is 12.5. The monoisotopic (exact) mass is 419 g/mol. The van der Waals surface area contributed by atoms with Crippen molar-refractivity contribution in [3.8, 4) is 22.8 Å². The quantitative estimate of drug-likeness (QED) is 0.398. The van der Waals surface area contributed by atoms with E-state index in [0.29, 0.717) is 40.5 Å². The van der Waals surface area contributed by atoms with Gasteiger partial charge in [-0.15, -0.1) is 0 Å². The largest absolute Gasteiger partial charge is 0.504 e. The van der Waals surface area contributed by atoms with Crippen molar-refractivity contribution in [3.63, 3.8) is 0 Å². The number of pyridine rings is 1. The van der Waals surface area contributed by atoms with Gasteiger partial charge in [-0.2, -0.15) is 0 Å². The summed E-state index contributed by atoms with van der Waals surface area (Å²) in [6.07, 6.45) is 5.38. The van der Waals surface area contributed by atoms with Gasteiger partial charge in [-0.05, 0) is 30.7 Å². The molecule has 0 saturated heterocycles. The van der Waals surface area contributed by atoms with Crippen LogP contribution in [0.1, 0.15) is 35.0 Å². The van der Waals surface area contributed by atoms with Crippen LogP contribution >= 0.6 is 0 Å². The predicted molar refractivity (Wildman–Crippen MR) is 113 cm³/mol. The molecule has 0 aliphatic carbocycles. The van der Waals surface area contributed by atoms with Crippen LogP contribution < -0.4 is 15.4 Å². The number of hydrogen-bond acceptors (Lipinski definition) is 7. The van der Waals surface area contributed by atoms with Crippen LogP contribution in [0, 0.1) is 0 Å². The molecule has 0 bridgehead atoms. The van der Waals surface area contributed by atoms with E-state index in [1.807, 2.05) is 6.92 Å². The maximum Gasteiger partial charge on any atom is 0.260 e. The molecule has 0 spiro atoms. The zero-order valence-corrected chi connectivity index (χ0v) is 16.8. The average Bonchev–Trinajstić information content (AvgIpc) is 3.30. The standard InChI is InChI=1S/C23H21N3O5/c1-2-7-30-21-13-25-15(10-19(21)27)11-24-12-18-17-9-14(20-4-3-8-31-20)5-6-16(17)22(28)26-23(18)29/h3-6,8-10,12-13,24H,2,7,11H2,1H3,(H,25,27)(H,26,28,29)/b18-12-.